The highest BCUT2D eigenvalue weighted by Gasteiger charge is 2.30. The predicted molar refractivity (Wildman–Crippen MR) is 200 cm³/mol. The minimum atomic E-state index is -1.84. The molecule has 19 nitrogen and oxygen atoms in total. The summed E-state index contributed by atoms with van der Waals surface area (Å²) in [7, 11) is 2.38. The van der Waals surface area contributed by atoms with Crippen LogP contribution >= 0.6 is 37.5 Å². The quantitative estimate of drug-likeness (QED) is 0.0373. The zero-order chi connectivity index (χ0) is 38.9. The van der Waals surface area contributed by atoms with Gasteiger partial charge in [0, 0.05) is 45.9 Å². The van der Waals surface area contributed by atoms with Crippen LogP contribution in [-0.4, -0.2) is 131 Å². The molecular weight excluding hydrogens is 804 g/mol. The molecule has 2 aromatic heterocycles. The molecule has 6 atom stereocenters. The third-order valence-corrected chi connectivity index (χ3v) is 10.2. The molecule has 0 unspecified atom stereocenters. The first-order valence-electron chi connectivity index (χ1n) is 16.0. The van der Waals surface area contributed by atoms with Crippen molar-refractivity contribution in [1.82, 2.24) is 31.0 Å². The van der Waals surface area contributed by atoms with E-state index < -0.39 is 73.4 Å². The van der Waals surface area contributed by atoms with Crippen molar-refractivity contribution >= 4 is 89.6 Å². The number of carbonyl (C=O) groups is 4. The average molecular weight is 846 g/mol. The maximum Gasteiger partial charge on any atom is 0.426 e. The van der Waals surface area contributed by atoms with Crippen LogP contribution in [0.4, 0.5) is 22.1 Å². The Morgan fingerprint density at radius 3 is 2.47 bits per heavy atom. The molecule has 1 aromatic carbocycles. The average Bonchev–Trinajstić information content (AvgIpc) is 3.14. The van der Waals surface area contributed by atoms with Gasteiger partial charge in [0.1, 0.15) is 48.9 Å². The third kappa shape index (κ3) is 14.7. The van der Waals surface area contributed by atoms with Crippen LogP contribution in [0.3, 0.4) is 0 Å². The van der Waals surface area contributed by atoms with E-state index in [-0.39, 0.29) is 25.2 Å². The second-order valence-electron chi connectivity index (χ2n) is 11.4. The molecule has 0 spiro atoms. The fourth-order valence-electron chi connectivity index (χ4n) is 4.28. The molecule has 3 amide bonds. The lowest BCUT2D eigenvalue weighted by Crippen LogP contribution is -2.49. The van der Waals surface area contributed by atoms with Gasteiger partial charge in [0.15, 0.2) is 0 Å². The summed E-state index contributed by atoms with van der Waals surface area (Å²) in [5, 5.41) is 65.7. The van der Waals surface area contributed by atoms with Crippen LogP contribution in [0.1, 0.15) is 19.8 Å². The van der Waals surface area contributed by atoms with Gasteiger partial charge in [0.2, 0.25) is 11.8 Å². The van der Waals surface area contributed by atoms with Crippen molar-refractivity contribution in [2.75, 3.05) is 42.0 Å². The van der Waals surface area contributed by atoms with Crippen LogP contribution < -0.4 is 26.8 Å². The number of aliphatic hydroxyl groups excluding tert-OH is 5. The second kappa shape index (κ2) is 22.2. The maximum absolute atomic E-state index is 12.6. The zero-order valence-corrected chi connectivity index (χ0v) is 31.4. The number of ether oxygens (including phenoxy) is 1. The summed E-state index contributed by atoms with van der Waals surface area (Å²) in [5.41, 5.74) is 6.44. The molecule has 0 aliphatic rings. The van der Waals surface area contributed by atoms with E-state index in [0.29, 0.717) is 28.3 Å². The number of aliphatic hydroxyl groups is 5. The summed E-state index contributed by atoms with van der Waals surface area (Å²) < 4.78 is 6.03. The number of hydrogen-bond donors (Lipinski definition) is 11. The van der Waals surface area contributed by atoms with Crippen LogP contribution in [-0.2, 0) is 19.1 Å². The molecule has 0 bridgehead atoms. The van der Waals surface area contributed by atoms with E-state index in [0.717, 1.165) is 21.0 Å². The predicted octanol–water partition coefficient (Wildman–Crippen LogP) is 0.503. The summed E-state index contributed by atoms with van der Waals surface area (Å²) in [6.45, 7) is 0.195. The number of benzene rings is 1. The number of aromatic nitrogens is 3. The minimum absolute atomic E-state index is 0.000515. The van der Waals surface area contributed by atoms with E-state index in [1.54, 1.807) is 6.07 Å². The summed E-state index contributed by atoms with van der Waals surface area (Å²) >= 11 is 3.43. The van der Waals surface area contributed by atoms with Gasteiger partial charge < -0.3 is 51.3 Å². The molecule has 290 valence electrons. The SMILES string of the molecule is C[C@@H](CCC(=O)NC[C@H](O)[C@@H](O)[C@H](O)[C@H](O)CO)C(=O)N[C@@H](CSSCCOC(=O)NNc1cc2c(Nc3cccc(Br)c3)ncnc2cn1)C(=O)O. The highest BCUT2D eigenvalue weighted by atomic mass is 79.9. The van der Waals surface area contributed by atoms with Crippen molar-refractivity contribution < 1.29 is 54.6 Å². The summed E-state index contributed by atoms with van der Waals surface area (Å²) in [6.07, 6.45) is -4.96. The minimum Gasteiger partial charge on any atom is -0.480 e. The number of carboxylic acid groups (broad SMARTS) is 1. The molecular formula is C31H41BrN8O11S2. The standard InChI is InChI=1S/C31H41BrN8O11S2/c1-16(5-6-25(44)34-12-22(42)26(45)27(46)23(43)13-41)29(47)38-21(30(48)49)14-53-52-8-7-51-31(50)40-39-24-10-19-20(11-33-24)35-15-36-28(19)37-18-4-2-3-17(32)9-18/h2-4,9-11,15-16,21-23,26-27,41-43,45-46H,5-8,12-14H2,1H3,(H,33,39)(H,34,44)(H,38,47)(H,40,50)(H,48,49)(H,35,36,37)/t16-,21-,22-,23+,26+,27+/m0/s1. The maximum atomic E-state index is 12.6. The number of nitrogens with one attached hydrogen (secondary N) is 5. The first-order valence-corrected chi connectivity index (χ1v) is 19.3. The van der Waals surface area contributed by atoms with Gasteiger partial charge in [-0.05, 0) is 30.7 Å². The van der Waals surface area contributed by atoms with Crippen molar-refractivity contribution in [2.24, 2.45) is 5.92 Å². The number of pyridine rings is 1. The topological polar surface area (TPSA) is 298 Å². The molecule has 3 rings (SSSR count). The van der Waals surface area contributed by atoms with Crippen molar-refractivity contribution in [3.63, 3.8) is 0 Å². The Morgan fingerprint density at radius 1 is 1.00 bits per heavy atom. The monoisotopic (exact) mass is 844 g/mol. The Morgan fingerprint density at radius 2 is 1.75 bits per heavy atom. The number of nitrogens with zero attached hydrogens (tertiary/aromatic N) is 3. The number of hydrogen-bond acceptors (Lipinski definition) is 17. The number of hydrazine groups is 1. The molecule has 0 aliphatic heterocycles. The van der Waals surface area contributed by atoms with Gasteiger partial charge in [0.05, 0.1) is 24.4 Å². The van der Waals surface area contributed by atoms with Crippen molar-refractivity contribution in [2.45, 2.75) is 50.2 Å². The lowest BCUT2D eigenvalue weighted by molar-refractivity contribution is -0.141. The second-order valence-corrected chi connectivity index (χ2v) is 14.9. The van der Waals surface area contributed by atoms with Crippen molar-refractivity contribution in [3.8, 4) is 0 Å². The molecule has 11 N–H and O–H groups in total. The molecule has 0 aliphatic carbocycles. The number of carboxylic acids is 1. The lowest BCUT2D eigenvalue weighted by atomic mass is 10.0. The van der Waals surface area contributed by atoms with Gasteiger partial charge in [-0.1, -0.05) is 50.5 Å². The first-order chi connectivity index (χ1) is 25.3. The number of amides is 3. The Bertz CT molecular complexity index is 1680. The summed E-state index contributed by atoms with van der Waals surface area (Å²) in [4.78, 5) is 61.4. The van der Waals surface area contributed by atoms with E-state index in [1.165, 1.54) is 30.2 Å². The highest BCUT2D eigenvalue weighted by molar-refractivity contribution is 9.10. The molecule has 0 saturated heterocycles. The molecule has 22 heteroatoms. The molecule has 2 heterocycles. The third-order valence-electron chi connectivity index (χ3n) is 7.32. The van der Waals surface area contributed by atoms with E-state index in [9.17, 15) is 44.7 Å². The lowest BCUT2D eigenvalue weighted by Gasteiger charge is -2.25. The van der Waals surface area contributed by atoms with E-state index in [1.807, 2.05) is 24.3 Å². The van der Waals surface area contributed by atoms with Gasteiger partial charge in [-0.3, -0.25) is 15.0 Å². The Kier molecular flexibility index (Phi) is 18.2. The molecule has 0 radical (unpaired) electrons. The molecule has 3 aromatic rings. The zero-order valence-electron chi connectivity index (χ0n) is 28.2. The van der Waals surface area contributed by atoms with Crippen LogP contribution in [0, 0.1) is 5.92 Å². The number of fused-ring (bicyclic) bond motifs is 1. The normalized spacial score (nSPS) is 14.5. The van der Waals surface area contributed by atoms with E-state index in [2.05, 4.69) is 57.7 Å². The van der Waals surface area contributed by atoms with Crippen LogP contribution in [0.15, 0.2) is 47.3 Å². The van der Waals surface area contributed by atoms with Crippen LogP contribution in [0.25, 0.3) is 10.9 Å². The van der Waals surface area contributed by atoms with Gasteiger partial charge in [-0.25, -0.2) is 30.0 Å². The summed E-state index contributed by atoms with van der Waals surface area (Å²) in [5.74, 6) is -2.03. The molecule has 0 fully saturated rings. The Labute approximate surface area is 319 Å². The van der Waals surface area contributed by atoms with Gasteiger partial charge in [-0.2, -0.15) is 0 Å². The van der Waals surface area contributed by atoms with Crippen molar-refractivity contribution in [3.05, 3.63) is 47.3 Å². The Hall–Kier alpha value is -4.03. The largest absolute Gasteiger partial charge is 0.480 e. The number of aliphatic carboxylic acids is 1. The number of carbonyl (C=O) groups excluding carboxylic acids is 3. The fraction of sp³-hybridized carbons (Fsp3) is 0.452. The van der Waals surface area contributed by atoms with Crippen LogP contribution in [0.2, 0.25) is 0 Å². The van der Waals surface area contributed by atoms with E-state index in [4.69, 9.17) is 9.84 Å². The summed E-state index contributed by atoms with van der Waals surface area (Å²) in [6, 6.07) is 7.97. The first kappa shape index (κ1) is 43.4. The van der Waals surface area contributed by atoms with Gasteiger partial charge in [-0.15, -0.1) is 0 Å². The van der Waals surface area contributed by atoms with E-state index >= 15 is 0 Å². The molecule has 0 saturated carbocycles. The Balaban J connectivity index is 1.32. The number of anilines is 3. The number of rotatable bonds is 22. The van der Waals surface area contributed by atoms with Crippen LogP contribution in [0.5, 0.6) is 0 Å². The van der Waals surface area contributed by atoms with Gasteiger partial charge in [0.25, 0.3) is 0 Å². The highest BCUT2D eigenvalue weighted by Crippen LogP contribution is 2.26. The smallest absolute Gasteiger partial charge is 0.426 e. The fourth-order valence-corrected chi connectivity index (χ4v) is 6.66. The van der Waals surface area contributed by atoms with Crippen molar-refractivity contribution in [1.29, 1.82) is 0 Å². The van der Waals surface area contributed by atoms with Gasteiger partial charge >= 0.3 is 12.1 Å². The number of halogens is 1. The molecule has 53 heavy (non-hydrogen) atoms.